The Morgan fingerprint density at radius 3 is 2.81 bits per heavy atom. The van der Waals surface area contributed by atoms with Crippen LogP contribution < -0.4 is 9.47 Å². The molecule has 0 radical (unpaired) electrons. The van der Waals surface area contributed by atoms with Crippen LogP contribution in [0.15, 0.2) is 48.5 Å². The lowest BCUT2D eigenvalue weighted by atomic mass is 9.94. The third-order valence-electron chi connectivity index (χ3n) is 3.89. The van der Waals surface area contributed by atoms with Gasteiger partial charge in [0.1, 0.15) is 11.5 Å². The van der Waals surface area contributed by atoms with Crippen molar-refractivity contribution in [3.05, 3.63) is 59.7 Å². The number of ether oxygens (including phenoxy) is 2. The summed E-state index contributed by atoms with van der Waals surface area (Å²) in [4.78, 5) is 0. The fourth-order valence-electron chi connectivity index (χ4n) is 2.74. The average Bonchev–Trinajstić information content (AvgIpc) is 2.53. The van der Waals surface area contributed by atoms with Gasteiger partial charge in [-0.1, -0.05) is 36.4 Å². The molecule has 0 aliphatic carbocycles. The maximum Gasteiger partial charge on any atom is 0.125 e. The lowest BCUT2D eigenvalue weighted by molar-refractivity contribution is 0.184. The third kappa shape index (κ3) is 3.03. The van der Waals surface area contributed by atoms with E-state index >= 15 is 0 Å². The molecule has 0 aromatic heterocycles. The molecule has 1 aliphatic heterocycles. The summed E-state index contributed by atoms with van der Waals surface area (Å²) >= 11 is 0. The number of aliphatic hydroxyl groups is 1. The van der Waals surface area contributed by atoms with Crippen LogP contribution in [0.2, 0.25) is 0 Å². The summed E-state index contributed by atoms with van der Waals surface area (Å²) < 4.78 is 11.7. The van der Waals surface area contributed by atoms with Gasteiger partial charge in [-0.05, 0) is 25.5 Å². The number of para-hydroxylation sites is 2. The van der Waals surface area contributed by atoms with E-state index in [9.17, 15) is 5.11 Å². The van der Waals surface area contributed by atoms with Crippen molar-refractivity contribution < 1.29 is 14.6 Å². The maximum absolute atomic E-state index is 9.80. The lowest BCUT2D eigenvalue weighted by Crippen LogP contribution is -2.19. The van der Waals surface area contributed by atoms with E-state index in [-0.39, 0.29) is 0 Å². The van der Waals surface area contributed by atoms with Crippen molar-refractivity contribution in [1.29, 1.82) is 0 Å². The second-order valence-corrected chi connectivity index (χ2v) is 5.40. The van der Waals surface area contributed by atoms with Gasteiger partial charge in [0, 0.05) is 17.0 Å². The van der Waals surface area contributed by atoms with Gasteiger partial charge in [-0.3, -0.25) is 0 Å². The number of hydrogen-bond acceptors (Lipinski definition) is 3. The predicted octanol–water partition coefficient (Wildman–Crippen LogP) is 3.69. The minimum atomic E-state index is -0.525. The van der Waals surface area contributed by atoms with Gasteiger partial charge in [-0.2, -0.15) is 0 Å². The maximum atomic E-state index is 9.80. The monoisotopic (exact) mass is 284 g/mol. The fourth-order valence-corrected chi connectivity index (χ4v) is 2.74. The molecule has 1 N–H and O–H groups in total. The Morgan fingerprint density at radius 1 is 1.19 bits per heavy atom. The lowest BCUT2D eigenvalue weighted by Gasteiger charge is -2.26. The van der Waals surface area contributed by atoms with E-state index in [1.165, 1.54) is 5.56 Å². The van der Waals surface area contributed by atoms with E-state index in [0.717, 1.165) is 30.1 Å². The summed E-state index contributed by atoms with van der Waals surface area (Å²) in [7, 11) is 0. The summed E-state index contributed by atoms with van der Waals surface area (Å²) in [5.74, 6) is 2.05. The molecule has 3 heteroatoms. The van der Waals surface area contributed by atoms with Crippen LogP contribution in [-0.4, -0.2) is 18.3 Å². The molecule has 3 rings (SSSR count). The van der Waals surface area contributed by atoms with E-state index in [2.05, 4.69) is 6.07 Å². The Kier molecular flexibility index (Phi) is 4.11. The number of fused-ring (bicyclic) bond motifs is 1. The smallest absolute Gasteiger partial charge is 0.125 e. The van der Waals surface area contributed by atoms with Gasteiger partial charge in [0.15, 0.2) is 0 Å². The molecule has 1 aliphatic rings. The third-order valence-corrected chi connectivity index (χ3v) is 3.89. The Bertz CT molecular complexity index is 607. The minimum absolute atomic E-state index is 0.331. The highest BCUT2D eigenvalue weighted by Crippen LogP contribution is 2.34. The zero-order chi connectivity index (χ0) is 14.7. The highest BCUT2D eigenvalue weighted by Gasteiger charge is 2.22. The van der Waals surface area contributed by atoms with Crippen LogP contribution in [0.4, 0.5) is 0 Å². The normalized spacial score (nSPS) is 18.5. The van der Waals surface area contributed by atoms with Gasteiger partial charge in [0.05, 0.1) is 19.3 Å². The number of aliphatic hydroxyl groups excluding tert-OH is 1. The summed E-state index contributed by atoms with van der Waals surface area (Å²) in [5, 5.41) is 9.80. The molecular weight excluding hydrogens is 264 g/mol. The number of hydrogen-bond donors (Lipinski definition) is 1. The van der Waals surface area contributed by atoms with Crippen molar-refractivity contribution in [2.45, 2.75) is 25.4 Å². The molecule has 3 nitrogen and oxygen atoms in total. The highest BCUT2D eigenvalue weighted by molar-refractivity contribution is 5.39. The van der Waals surface area contributed by atoms with Gasteiger partial charge >= 0.3 is 0 Å². The molecule has 1 unspecified atom stereocenters. The Morgan fingerprint density at radius 2 is 1.95 bits per heavy atom. The molecule has 0 amide bonds. The molecule has 0 saturated heterocycles. The predicted molar refractivity (Wildman–Crippen MR) is 81.9 cm³/mol. The van der Waals surface area contributed by atoms with Crippen LogP contribution in [0.25, 0.3) is 0 Å². The van der Waals surface area contributed by atoms with Crippen molar-refractivity contribution in [1.82, 2.24) is 0 Å². The van der Waals surface area contributed by atoms with E-state index in [1.807, 2.05) is 42.5 Å². The highest BCUT2D eigenvalue weighted by atomic mass is 16.5. The van der Waals surface area contributed by atoms with E-state index < -0.39 is 6.10 Å². The molecule has 1 heterocycles. The number of rotatable bonds is 4. The first-order chi connectivity index (χ1) is 10.3. The zero-order valence-corrected chi connectivity index (χ0v) is 12.2. The standard InChI is InChI=1S/C18H20O3/c1-13(19)15-6-2-4-8-17(15)21-12-14-10-11-20-18-9-5-3-7-16(14)18/h2-9,13-14,19H,10-12H2,1H3/t13-,14?/m0/s1. The molecule has 0 spiro atoms. The van der Waals surface area contributed by atoms with Gasteiger partial charge in [-0.15, -0.1) is 0 Å². The van der Waals surface area contributed by atoms with Crippen LogP contribution in [-0.2, 0) is 0 Å². The molecule has 21 heavy (non-hydrogen) atoms. The molecule has 2 aromatic rings. The molecule has 110 valence electrons. The first kappa shape index (κ1) is 14.0. The van der Waals surface area contributed by atoms with Gasteiger partial charge in [0.2, 0.25) is 0 Å². The zero-order valence-electron chi connectivity index (χ0n) is 12.2. The number of benzene rings is 2. The first-order valence-corrected chi connectivity index (χ1v) is 7.37. The Labute approximate surface area is 125 Å². The summed E-state index contributed by atoms with van der Waals surface area (Å²) in [6.45, 7) is 3.08. The molecule has 2 atom stereocenters. The van der Waals surface area contributed by atoms with Crippen molar-refractivity contribution in [3.63, 3.8) is 0 Å². The van der Waals surface area contributed by atoms with Crippen LogP contribution in [0.1, 0.15) is 36.5 Å². The van der Waals surface area contributed by atoms with Crippen molar-refractivity contribution in [2.24, 2.45) is 0 Å². The molecule has 0 fully saturated rings. The SMILES string of the molecule is C[C@H](O)c1ccccc1OCC1CCOc2ccccc21. The van der Waals surface area contributed by atoms with E-state index in [0.29, 0.717) is 12.5 Å². The van der Waals surface area contributed by atoms with Crippen molar-refractivity contribution in [3.8, 4) is 11.5 Å². The molecular formula is C18H20O3. The second-order valence-electron chi connectivity index (χ2n) is 5.40. The van der Waals surface area contributed by atoms with E-state index in [1.54, 1.807) is 6.92 Å². The van der Waals surface area contributed by atoms with Crippen molar-refractivity contribution in [2.75, 3.05) is 13.2 Å². The summed E-state index contributed by atoms with van der Waals surface area (Å²) in [5.41, 5.74) is 2.04. The van der Waals surface area contributed by atoms with Crippen LogP contribution in [0, 0.1) is 0 Å². The van der Waals surface area contributed by atoms with Crippen LogP contribution >= 0.6 is 0 Å². The molecule has 0 saturated carbocycles. The van der Waals surface area contributed by atoms with Gasteiger partial charge < -0.3 is 14.6 Å². The van der Waals surface area contributed by atoms with E-state index in [4.69, 9.17) is 9.47 Å². The largest absolute Gasteiger partial charge is 0.493 e. The minimum Gasteiger partial charge on any atom is -0.493 e. The van der Waals surface area contributed by atoms with Crippen molar-refractivity contribution >= 4 is 0 Å². The first-order valence-electron chi connectivity index (χ1n) is 7.37. The van der Waals surface area contributed by atoms with Gasteiger partial charge in [-0.25, -0.2) is 0 Å². The van der Waals surface area contributed by atoms with Gasteiger partial charge in [0.25, 0.3) is 0 Å². The fraction of sp³-hybridized carbons (Fsp3) is 0.333. The molecule has 0 bridgehead atoms. The molecule has 2 aromatic carbocycles. The van der Waals surface area contributed by atoms with Crippen LogP contribution in [0.3, 0.4) is 0 Å². The summed E-state index contributed by atoms with van der Waals surface area (Å²) in [6.07, 6.45) is 0.427. The topological polar surface area (TPSA) is 38.7 Å². The van der Waals surface area contributed by atoms with Crippen LogP contribution in [0.5, 0.6) is 11.5 Å². The second kappa shape index (κ2) is 6.19. The quantitative estimate of drug-likeness (QED) is 0.930. The summed E-state index contributed by atoms with van der Waals surface area (Å²) in [6, 6.07) is 15.8. The Hall–Kier alpha value is -2.00. The average molecular weight is 284 g/mol. The Balaban J connectivity index is 1.75.